The highest BCUT2D eigenvalue weighted by atomic mass is 14.1. The minimum absolute atomic E-state index is 0.988. The number of allylic oxidation sites excluding steroid dienone is 2. The topological polar surface area (TPSA) is 0 Å². The van der Waals surface area contributed by atoms with Crippen LogP contribution in [-0.4, -0.2) is 0 Å². The van der Waals surface area contributed by atoms with Crippen LogP contribution in [0.2, 0.25) is 0 Å². The van der Waals surface area contributed by atoms with Gasteiger partial charge in [0.15, 0.2) is 0 Å². The van der Waals surface area contributed by atoms with Crippen LogP contribution in [0.3, 0.4) is 0 Å². The van der Waals surface area contributed by atoms with Crippen LogP contribution in [0.15, 0.2) is 133 Å². The number of rotatable bonds is 7. The number of unbranched alkanes of at least 4 members (excludes halogenated alkanes) is 1. The number of hydrogen-bond donors (Lipinski definition) is 0. The van der Waals surface area contributed by atoms with E-state index in [0.29, 0.717) is 0 Å². The zero-order valence-corrected chi connectivity index (χ0v) is 17.1. The SMILES string of the molecule is C(CCC=C(c1ccccc1)c1ccccc1)=C(c1ccccc1)c1ccccc1. The molecule has 0 nitrogen and oxygen atoms in total. The first-order valence-corrected chi connectivity index (χ1v) is 10.5. The molecule has 0 aliphatic carbocycles. The molecule has 0 atom stereocenters. The average Bonchev–Trinajstić information content (AvgIpc) is 2.84. The Hall–Kier alpha value is -3.64. The van der Waals surface area contributed by atoms with Crippen LogP contribution in [0.4, 0.5) is 0 Å². The predicted molar refractivity (Wildman–Crippen MR) is 129 cm³/mol. The molecule has 0 saturated heterocycles. The lowest BCUT2D eigenvalue weighted by Gasteiger charge is -2.10. The highest BCUT2D eigenvalue weighted by Gasteiger charge is 2.05. The van der Waals surface area contributed by atoms with Crippen molar-refractivity contribution in [2.75, 3.05) is 0 Å². The molecule has 0 spiro atoms. The third-order valence-corrected chi connectivity index (χ3v) is 5.20. The van der Waals surface area contributed by atoms with Gasteiger partial charge in [0.05, 0.1) is 0 Å². The highest BCUT2D eigenvalue weighted by molar-refractivity contribution is 5.81. The minimum Gasteiger partial charge on any atom is -0.0757 e. The molecule has 146 valence electrons. The van der Waals surface area contributed by atoms with Gasteiger partial charge in [0.2, 0.25) is 0 Å². The van der Waals surface area contributed by atoms with Gasteiger partial charge in [-0.2, -0.15) is 0 Å². The molecular weight excluding hydrogens is 360 g/mol. The molecule has 0 aromatic heterocycles. The van der Waals surface area contributed by atoms with Crippen LogP contribution in [-0.2, 0) is 0 Å². The van der Waals surface area contributed by atoms with E-state index >= 15 is 0 Å². The Kier molecular flexibility index (Phi) is 6.70. The molecule has 0 heteroatoms. The van der Waals surface area contributed by atoms with Gasteiger partial charge in [-0.1, -0.05) is 133 Å². The molecule has 0 fully saturated rings. The quantitative estimate of drug-likeness (QED) is 0.282. The molecule has 0 aliphatic rings. The molecule has 4 aromatic rings. The van der Waals surface area contributed by atoms with Gasteiger partial charge in [0.25, 0.3) is 0 Å². The molecule has 0 bridgehead atoms. The van der Waals surface area contributed by atoms with Crippen molar-refractivity contribution >= 4 is 11.1 Å². The van der Waals surface area contributed by atoms with Crippen LogP contribution >= 0.6 is 0 Å². The summed E-state index contributed by atoms with van der Waals surface area (Å²) in [5.41, 5.74) is 7.65. The monoisotopic (exact) mass is 386 g/mol. The summed E-state index contributed by atoms with van der Waals surface area (Å²) in [6.45, 7) is 0. The fourth-order valence-electron chi connectivity index (χ4n) is 3.73. The molecule has 4 rings (SSSR count). The van der Waals surface area contributed by atoms with Gasteiger partial charge < -0.3 is 0 Å². The second-order valence-corrected chi connectivity index (χ2v) is 7.28. The van der Waals surface area contributed by atoms with Crippen LogP contribution in [0.25, 0.3) is 11.1 Å². The second kappa shape index (κ2) is 10.2. The van der Waals surface area contributed by atoms with E-state index in [1.54, 1.807) is 0 Å². The van der Waals surface area contributed by atoms with E-state index in [4.69, 9.17) is 0 Å². The van der Waals surface area contributed by atoms with Crippen molar-refractivity contribution < 1.29 is 0 Å². The van der Waals surface area contributed by atoms with Crippen LogP contribution < -0.4 is 0 Å². The van der Waals surface area contributed by atoms with E-state index in [1.807, 2.05) is 0 Å². The van der Waals surface area contributed by atoms with Gasteiger partial charge in [-0.3, -0.25) is 0 Å². The first-order valence-electron chi connectivity index (χ1n) is 10.5. The summed E-state index contributed by atoms with van der Waals surface area (Å²) in [6, 6.07) is 42.6. The van der Waals surface area contributed by atoms with Gasteiger partial charge in [-0.25, -0.2) is 0 Å². The molecule has 0 amide bonds. The zero-order chi connectivity index (χ0) is 20.4. The Balaban J connectivity index is 1.60. The maximum absolute atomic E-state index is 2.37. The maximum atomic E-state index is 2.37. The van der Waals surface area contributed by atoms with Gasteiger partial charge in [-0.15, -0.1) is 0 Å². The lowest BCUT2D eigenvalue weighted by Crippen LogP contribution is -1.89. The largest absolute Gasteiger partial charge is 0.0757 e. The molecule has 0 saturated carbocycles. The molecule has 0 unspecified atom stereocenters. The Morgan fingerprint density at radius 3 is 0.833 bits per heavy atom. The first kappa shape index (κ1) is 19.7. The summed E-state index contributed by atoms with van der Waals surface area (Å²) in [6.07, 6.45) is 6.72. The second-order valence-electron chi connectivity index (χ2n) is 7.28. The summed E-state index contributed by atoms with van der Waals surface area (Å²) in [5, 5.41) is 0. The van der Waals surface area contributed by atoms with E-state index in [0.717, 1.165) is 12.8 Å². The summed E-state index contributed by atoms with van der Waals surface area (Å²) in [4.78, 5) is 0. The van der Waals surface area contributed by atoms with E-state index in [1.165, 1.54) is 33.4 Å². The molecule has 4 aromatic carbocycles. The summed E-state index contributed by atoms with van der Waals surface area (Å²) < 4.78 is 0. The summed E-state index contributed by atoms with van der Waals surface area (Å²) >= 11 is 0. The Morgan fingerprint density at radius 2 is 0.600 bits per heavy atom. The van der Waals surface area contributed by atoms with E-state index in [9.17, 15) is 0 Å². The van der Waals surface area contributed by atoms with Crippen molar-refractivity contribution in [3.05, 3.63) is 156 Å². The van der Waals surface area contributed by atoms with Crippen molar-refractivity contribution in [3.8, 4) is 0 Å². The Bertz CT molecular complexity index is 914. The van der Waals surface area contributed by atoms with E-state index < -0.39 is 0 Å². The van der Waals surface area contributed by atoms with Crippen LogP contribution in [0.1, 0.15) is 35.1 Å². The van der Waals surface area contributed by atoms with Gasteiger partial charge in [0.1, 0.15) is 0 Å². The maximum Gasteiger partial charge on any atom is -0.0151 e. The third-order valence-electron chi connectivity index (χ3n) is 5.20. The van der Waals surface area contributed by atoms with Crippen molar-refractivity contribution in [3.63, 3.8) is 0 Å². The molecule has 0 N–H and O–H groups in total. The fourth-order valence-corrected chi connectivity index (χ4v) is 3.73. The minimum atomic E-state index is 0.988. The summed E-state index contributed by atoms with van der Waals surface area (Å²) in [5.74, 6) is 0. The van der Waals surface area contributed by atoms with Gasteiger partial charge in [0, 0.05) is 0 Å². The highest BCUT2D eigenvalue weighted by Crippen LogP contribution is 2.26. The third kappa shape index (κ3) is 5.04. The smallest absolute Gasteiger partial charge is 0.0151 e. The van der Waals surface area contributed by atoms with Crippen LogP contribution in [0.5, 0.6) is 0 Å². The van der Waals surface area contributed by atoms with Crippen molar-refractivity contribution in [1.29, 1.82) is 0 Å². The van der Waals surface area contributed by atoms with E-state index in [2.05, 4.69) is 133 Å². The van der Waals surface area contributed by atoms with Crippen molar-refractivity contribution in [2.24, 2.45) is 0 Å². The average molecular weight is 387 g/mol. The summed E-state index contributed by atoms with van der Waals surface area (Å²) in [7, 11) is 0. The number of benzene rings is 4. The Morgan fingerprint density at radius 1 is 0.367 bits per heavy atom. The van der Waals surface area contributed by atoms with Gasteiger partial charge in [-0.05, 0) is 46.2 Å². The standard InChI is InChI=1S/C30H26/c1-5-15-25(16-6-1)29(26-17-7-2-8-18-26)23-13-14-24-30(27-19-9-3-10-20-27)28-21-11-4-12-22-28/h1-12,15-24H,13-14H2. The molecule has 0 aliphatic heterocycles. The molecule has 0 heterocycles. The predicted octanol–water partition coefficient (Wildman–Crippen LogP) is 8.03. The van der Waals surface area contributed by atoms with Crippen molar-refractivity contribution in [1.82, 2.24) is 0 Å². The number of hydrogen-bond acceptors (Lipinski definition) is 0. The normalized spacial score (nSPS) is 10.3. The molecular formula is C30H26. The van der Waals surface area contributed by atoms with Gasteiger partial charge >= 0.3 is 0 Å². The first-order chi connectivity index (χ1) is 14.9. The molecule has 30 heavy (non-hydrogen) atoms. The molecule has 0 radical (unpaired) electrons. The lowest BCUT2D eigenvalue weighted by atomic mass is 9.95. The van der Waals surface area contributed by atoms with Crippen molar-refractivity contribution in [2.45, 2.75) is 12.8 Å². The fraction of sp³-hybridized carbons (Fsp3) is 0.0667. The van der Waals surface area contributed by atoms with E-state index in [-0.39, 0.29) is 0 Å². The van der Waals surface area contributed by atoms with Crippen LogP contribution in [0, 0.1) is 0 Å². The lowest BCUT2D eigenvalue weighted by molar-refractivity contribution is 1.05. The Labute approximate surface area is 179 Å². The zero-order valence-electron chi connectivity index (χ0n) is 17.1.